The molecule has 0 unspecified atom stereocenters. The maximum absolute atomic E-state index is 13.4. The lowest BCUT2D eigenvalue weighted by molar-refractivity contribution is -0.104. The SMILES string of the molecule is C=CCn1c(=O)c2cnc(Nc3ccc(N4CCN(C5CCN(C)CC5)CC4)c(OC)c3)nc2n1C(/C=C\C=O)=N/N(C)C(C)C. The Labute approximate surface area is 270 Å². The van der Waals surface area contributed by atoms with Crippen LogP contribution in [0.3, 0.4) is 0 Å². The van der Waals surface area contributed by atoms with E-state index in [2.05, 4.69) is 49.8 Å². The Morgan fingerprint density at radius 3 is 2.59 bits per heavy atom. The molecule has 2 saturated heterocycles. The Morgan fingerprint density at radius 1 is 1.20 bits per heavy atom. The highest BCUT2D eigenvalue weighted by molar-refractivity contribution is 6.01. The number of fused-ring (bicyclic) bond motifs is 1. The van der Waals surface area contributed by atoms with E-state index in [1.165, 1.54) is 42.9 Å². The van der Waals surface area contributed by atoms with Crippen LogP contribution in [0.5, 0.6) is 5.75 Å². The number of carbonyl (C=O) groups is 1. The van der Waals surface area contributed by atoms with Crippen LogP contribution in [-0.4, -0.2) is 119 Å². The number of hydrogen-bond donors (Lipinski definition) is 1. The number of piperidine rings is 1. The molecule has 13 heteroatoms. The van der Waals surface area contributed by atoms with Gasteiger partial charge in [0.15, 0.2) is 11.5 Å². The summed E-state index contributed by atoms with van der Waals surface area (Å²) < 4.78 is 8.91. The molecule has 0 saturated carbocycles. The van der Waals surface area contributed by atoms with Crippen molar-refractivity contribution in [1.82, 2.24) is 34.1 Å². The average molecular weight is 631 g/mol. The van der Waals surface area contributed by atoms with Crippen LogP contribution in [0.15, 0.2) is 59.1 Å². The number of aromatic nitrogens is 4. The number of ether oxygens (including phenoxy) is 1. The molecule has 2 aromatic heterocycles. The van der Waals surface area contributed by atoms with Crippen molar-refractivity contribution < 1.29 is 9.53 Å². The molecule has 46 heavy (non-hydrogen) atoms. The van der Waals surface area contributed by atoms with Crippen molar-refractivity contribution in [2.45, 2.75) is 45.3 Å². The van der Waals surface area contributed by atoms with Crippen molar-refractivity contribution in [2.24, 2.45) is 5.10 Å². The first-order chi connectivity index (χ1) is 22.2. The Bertz CT molecular complexity index is 1640. The Kier molecular flexibility index (Phi) is 10.5. The minimum atomic E-state index is -0.289. The molecular weight excluding hydrogens is 584 g/mol. The van der Waals surface area contributed by atoms with E-state index in [-0.39, 0.29) is 18.1 Å². The first-order valence-electron chi connectivity index (χ1n) is 15.9. The molecule has 246 valence electrons. The molecule has 2 aliphatic heterocycles. The molecule has 13 nitrogen and oxygen atoms in total. The third-order valence-corrected chi connectivity index (χ3v) is 8.82. The van der Waals surface area contributed by atoms with Gasteiger partial charge in [-0.2, -0.15) is 10.1 Å². The fourth-order valence-corrected chi connectivity index (χ4v) is 5.99. The minimum absolute atomic E-state index is 0.0777. The van der Waals surface area contributed by atoms with E-state index in [0.717, 1.165) is 43.3 Å². The van der Waals surface area contributed by atoms with Gasteiger partial charge in [0, 0.05) is 63.3 Å². The average Bonchev–Trinajstić information content (AvgIpc) is 3.33. The standard InChI is InChI=1S/C33H46N10O3/c1-7-14-42-32(45)27-23-34-33(36-31(27)43(42)30(9-8-21-44)37-39(5)24(2)3)35-25-10-11-28(29(22-25)46-6)41-19-17-40(18-20-41)26-12-15-38(4)16-13-26/h7-11,21-24,26H,1,12-20H2,2-6H3,(H,34,35,36)/b9-8-,37-30+. The van der Waals surface area contributed by atoms with Gasteiger partial charge in [-0.15, -0.1) is 6.58 Å². The third kappa shape index (κ3) is 7.15. The number of nitrogens with one attached hydrogen (secondary N) is 1. The molecule has 0 amide bonds. The summed E-state index contributed by atoms with van der Waals surface area (Å²) in [7, 11) is 5.72. The number of hydrazone groups is 1. The van der Waals surface area contributed by atoms with Crippen molar-refractivity contribution >= 4 is 40.5 Å². The van der Waals surface area contributed by atoms with Gasteiger partial charge in [-0.1, -0.05) is 6.08 Å². The van der Waals surface area contributed by atoms with Crippen molar-refractivity contribution in [3.8, 4) is 5.75 Å². The Hall–Kier alpha value is -4.49. The number of nitrogens with zero attached hydrogens (tertiary/aromatic N) is 9. The van der Waals surface area contributed by atoms with Gasteiger partial charge >= 0.3 is 0 Å². The van der Waals surface area contributed by atoms with Gasteiger partial charge in [-0.3, -0.25) is 19.5 Å². The number of aldehydes is 1. The first-order valence-corrected chi connectivity index (χ1v) is 15.9. The summed E-state index contributed by atoms with van der Waals surface area (Å²) >= 11 is 0. The second-order valence-corrected chi connectivity index (χ2v) is 12.1. The number of anilines is 3. The monoisotopic (exact) mass is 630 g/mol. The van der Waals surface area contributed by atoms with E-state index in [1.54, 1.807) is 29.0 Å². The zero-order valence-electron chi connectivity index (χ0n) is 27.6. The van der Waals surface area contributed by atoms with Crippen LogP contribution in [0.1, 0.15) is 26.7 Å². The number of piperazine rings is 1. The Morgan fingerprint density at radius 2 is 1.93 bits per heavy atom. The topological polar surface area (TPSA) is 116 Å². The normalized spacial score (nSPS) is 17.3. The molecule has 1 N–H and O–H groups in total. The van der Waals surface area contributed by atoms with Crippen LogP contribution in [0.2, 0.25) is 0 Å². The fourth-order valence-electron chi connectivity index (χ4n) is 5.99. The number of rotatable bonds is 11. The van der Waals surface area contributed by atoms with E-state index in [4.69, 9.17) is 9.72 Å². The van der Waals surface area contributed by atoms with Gasteiger partial charge in [0.2, 0.25) is 5.95 Å². The highest BCUT2D eigenvalue weighted by Crippen LogP contribution is 2.33. The molecular formula is C33H46N10O3. The molecule has 1 aromatic carbocycles. The number of allylic oxidation sites excluding steroid dienone is 3. The van der Waals surface area contributed by atoms with Gasteiger partial charge in [-0.25, -0.2) is 14.3 Å². The van der Waals surface area contributed by atoms with Crippen LogP contribution in [-0.2, 0) is 11.3 Å². The molecule has 4 heterocycles. The van der Waals surface area contributed by atoms with Crippen LogP contribution in [0, 0.1) is 0 Å². The fraction of sp³-hybridized carbons (Fsp3) is 0.485. The Balaban J connectivity index is 1.41. The number of carbonyl (C=O) groups excluding carboxylic acids is 1. The van der Waals surface area contributed by atoms with E-state index >= 15 is 0 Å². The lowest BCUT2D eigenvalue weighted by Gasteiger charge is -2.43. The highest BCUT2D eigenvalue weighted by atomic mass is 16.5. The van der Waals surface area contributed by atoms with Crippen LogP contribution in [0.4, 0.5) is 17.3 Å². The molecule has 3 aromatic rings. The molecule has 0 radical (unpaired) electrons. The summed E-state index contributed by atoms with van der Waals surface area (Å²) in [5.41, 5.74) is 1.86. The van der Waals surface area contributed by atoms with E-state index < -0.39 is 0 Å². The van der Waals surface area contributed by atoms with Gasteiger partial charge in [0.25, 0.3) is 5.56 Å². The number of likely N-dealkylation sites (tertiary alicyclic amines) is 1. The minimum Gasteiger partial charge on any atom is -0.495 e. The summed E-state index contributed by atoms with van der Waals surface area (Å²) in [5.74, 6) is 1.41. The van der Waals surface area contributed by atoms with Crippen molar-refractivity contribution in [1.29, 1.82) is 0 Å². The van der Waals surface area contributed by atoms with E-state index in [9.17, 15) is 9.59 Å². The molecule has 0 bridgehead atoms. The zero-order valence-corrected chi connectivity index (χ0v) is 27.6. The molecule has 0 spiro atoms. The smallest absolute Gasteiger partial charge is 0.278 e. The van der Waals surface area contributed by atoms with Crippen molar-refractivity contribution in [2.75, 3.05) is 70.7 Å². The predicted molar refractivity (Wildman–Crippen MR) is 184 cm³/mol. The summed E-state index contributed by atoms with van der Waals surface area (Å²) in [6, 6.07) is 6.75. The van der Waals surface area contributed by atoms with Crippen LogP contribution in [0.25, 0.3) is 11.0 Å². The third-order valence-electron chi connectivity index (χ3n) is 8.82. The highest BCUT2D eigenvalue weighted by Gasteiger charge is 2.27. The summed E-state index contributed by atoms with van der Waals surface area (Å²) in [6.45, 7) is 14.3. The molecule has 5 rings (SSSR count). The molecule has 0 atom stereocenters. The first kappa shape index (κ1) is 32.9. The van der Waals surface area contributed by atoms with Crippen LogP contribution >= 0.6 is 0 Å². The maximum atomic E-state index is 13.4. The second-order valence-electron chi connectivity index (χ2n) is 12.1. The van der Waals surface area contributed by atoms with Crippen LogP contribution < -0.4 is 20.5 Å². The van der Waals surface area contributed by atoms with Crippen molar-refractivity contribution in [3.63, 3.8) is 0 Å². The number of hydrogen-bond acceptors (Lipinski definition) is 11. The molecule has 0 aliphatic carbocycles. The zero-order chi connectivity index (χ0) is 32.8. The van der Waals surface area contributed by atoms with E-state index in [0.29, 0.717) is 35.1 Å². The lowest BCUT2D eigenvalue weighted by atomic mass is 10.0. The van der Waals surface area contributed by atoms with Gasteiger partial charge < -0.3 is 19.9 Å². The molecule has 2 aliphatic rings. The second kappa shape index (κ2) is 14.7. The van der Waals surface area contributed by atoms with Gasteiger partial charge in [0.05, 0.1) is 19.3 Å². The molecule has 2 fully saturated rings. The maximum Gasteiger partial charge on any atom is 0.278 e. The number of benzene rings is 1. The summed E-state index contributed by atoms with van der Waals surface area (Å²) in [5, 5.41) is 10.0. The quantitative estimate of drug-likeness (QED) is 0.0847. The lowest BCUT2D eigenvalue weighted by Crippen LogP contribution is -2.53. The summed E-state index contributed by atoms with van der Waals surface area (Å²) in [6.07, 6.45) is 9.16. The predicted octanol–water partition coefficient (Wildman–Crippen LogP) is 3.00. The summed E-state index contributed by atoms with van der Waals surface area (Å²) in [4.78, 5) is 41.3. The van der Waals surface area contributed by atoms with E-state index in [1.807, 2.05) is 33.0 Å². The van der Waals surface area contributed by atoms with Gasteiger partial charge in [-0.05, 0) is 71.1 Å². The van der Waals surface area contributed by atoms with Crippen molar-refractivity contribution in [3.05, 3.63) is 59.6 Å². The number of methoxy groups -OCH3 is 1. The largest absolute Gasteiger partial charge is 0.495 e. The van der Waals surface area contributed by atoms with Gasteiger partial charge in [0.1, 0.15) is 17.4 Å².